The average molecular weight is 214 g/mol. The van der Waals surface area contributed by atoms with E-state index >= 15 is 0 Å². The monoisotopic (exact) mass is 214 g/mol. The van der Waals surface area contributed by atoms with Crippen LogP contribution in [0.25, 0.3) is 10.9 Å². The van der Waals surface area contributed by atoms with E-state index in [1.54, 1.807) is 11.0 Å². The largest absolute Gasteiger partial charge is 0.416 e. The molecule has 0 aliphatic carbocycles. The fraction of sp³-hybridized carbons (Fsp3) is 0.167. The summed E-state index contributed by atoms with van der Waals surface area (Å²) in [5, 5.41) is 1.04. The van der Waals surface area contributed by atoms with Gasteiger partial charge in [-0.3, -0.25) is 0 Å². The van der Waals surface area contributed by atoms with Crippen LogP contribution in [0.5, 0.6) is 5.88 Å². The highest BCUT2D eigenvalue weighted by molar-refractivity contribution is 5.79. The van der Waals surface area contributed by atoms with Gasteiger partial charge in [-0.25, -0.2) is 9.78 Å². The van der Waals surface area contributed by atoms with E-state index in [4.69, 9.17) is 4.74 Å². The molecular formula is C12H10N2O2. The lowest BCUT2D eigenvalue weighted by Crippen LogP contribution is -2.16. The lowest BCUT2D eigenvalue weighted by Gasteiger charge is -2.04. The minimum absolute atomic E-state index is 0.317. The number of benzene rings is 1. The van der Waals surface area contributed by atoms with Crippen molar-refractivity contribution in [2.45, 2.75) is 0 Å². The van der Waals surface area contributed by atoms with Crippen LogP contribution in [0.2, 0.25) is 0 Å². The van der Waals surface area contributed by atoms with Crippen molar-refractivity contribution in [3.8, 4) is 5.88 Å². The molecule has 4 nitrogen and oxygen atoms in total. The molecule has 1 saturated heterocycles. The van der Waals surface area contributed by atoms with E-state index in [-0.39, 0.29) is 6.09 Å². The van der Waals surface area contributed by atoms with Gasteiger partial charge in [0.2, 0.25) is 5.88 Å². The zero-order valence-corrected chi connectivity index (χ0v) is 8.59. The summed E-state index contributed by atoms with van der Waals surface area (Å²) in [5.41, 5.74) is 0.832. The van der Waals surface area contributed by atoms with Crippen molar-refractivity contribution < 1.29 is 9.53 Å². The van der Waals surface area contributed by atoms with Crippen molar-refractivity contribution in [3.63, 3.8) is 0 Å². The molecule has 2 heterocycles. The summed E-state index contributed by atoms with van der Waals surface area (Å²) in [4.78, 5) is 17.2. The number of rotatable bonds is 1. The maximum atomic E-state index is 11.4. The van der Waals surface area contributed by atoms with Crippen LogP contribution in [-0.4, -0.2) is 29.1 Å². The number of nitrogens with zero attached hydrogens (tertiary/aromatic N) is 2. The van der Waals surface area contributed by atoms with Gasteiger partial charge in [-0.05, 0) is 12.1 Å². The third-order valence-electron chi connectivity index (χ3n) is 2.47. The third kappa shape index (κ3) is 1.69. The first-order chi connectivity index (χ1) is 7.83. The van der Waals surface area contributed by atoms with Crippen LogP contribution in [0.3, 0.4) is 0 Å². The van der Waals surface area contributed by atoms with Crippen LogP contribution in [-0.2, 0) is 0 Å². The van der Waals surface area contributed by atoms with Gasteiger partial charge in [-0.15, -0.1) is 0 Å². The number of aromatic nitrogens is 1. The van der Waals surface area contributed by atoms with E-state index in [2.05, 4.69) is 4.98 Å². The Kier molecular flexibility index (Phi) is 1.99. The maximum absolute atomic E-state index is 11.4. The summed E-state index contributed by atoms with van der Waals surface area (Å²) in [5.74, 6) is 0.357. The Balaban J connectivity index is 1.89. The van der Waals surface area contributed by atoms with E-state index in [1.165, 1.54) is 0 Å². The molecule has 1 aromatic carbocycles. The molecule has 0 unspecified atom stereocenters. The van der Waals surface area contributed by atoms with Crippen molar-refractivity contribution in [3.05, 3.63) is 36.4 Å². The Bertz CT molecular complexity index is 549. The fourth-order valence-corrected chi connectivity index (χ4v) is 1.49. The second kappa shape index (κ2) is 3.48. The minimum atomic E-state index is -0.317. The summed E-state index contributed by atoms with van der Waals surface area (Å²) in [7, 11) is 0. The van der Waals surface area contributed by atoms with Gasteiger partial charge in [0.25, 0.3) is 0 Å². The number of carbonyl (C=O) groups excluding carboxylic acids is 1. The molecule has 0 saturated carbocycles. The Morgan fingerprint density at radius 1 is 1.19 bits per heavy atom. The standard InChI is InChI=1S/C12H10N2O2/c15-12(14-7-8-14)16-11-6-5-9-3-1-2-4-10(9)13-11/h1-6H,7-8H2. The highest BCUT2D eigenvalue weighted by atomic mass is 16.6. The summed E-state index contributed by atoms with van der Waals surface area (Å²) >= 11 is 0. The predicted molar refractivity (Wildman–Crippen MR) is 59.3 cm³/mol. The van der Waals surface area contributed by atoms with Crippen molar-refractivity contribution in [2.75, 3.05) is 13.1 Å². The molecule has 16 heavy (non-hydrogen) atoms. The normalized spacial score (nSPS) is 13.9. The average Bonchev–Trinajstić information content (AvgIpc) is 3.12. The van der Waals surface area contributed by atoms with Crippen LogP contribution in [0.1, 0.15) is 0 Å². The Hall–Kier alpha value is -2.10. The Morgan fingerprint density at radius 3 is 2.81 bits per heavy atom. The van der Waals surface area contributed by atoms with Crippen molar-refractivity contribution in [1.82, 2.24) is 9.88 Å². The molecule has 0 spiro atoms. The molecule has 3 rings (SSSR count). The summed E-state index contributed by atoms with van der Waals surface area (Å²) < 4.78 is 5.12. The lowest BCUT2D eigenvalue weighted by atomic mass is 10.2. The Morgan fingerprint density at radius 2 is 2.00 bits per heavy atom. The molecule has 80 valence electrons. The van der Waals surface area contributed by atoms with Crippen molar-refractivity contribution in [1.29, 1.82) is 0 Å². The topological polar surface area (TPSA) is 42.2 Å². The number of carbonyl (C=O) groups is 1. The first kappa shape index (κ1) is 9.15. The van der Waals surface area contributed by atoms with E-state index in [1.807, 2.05) is 30.3 Å². The first-order valence-corrected chi connectivity index (χ1v) is 5.15. The molecule has 1 aromatic heterocycles. The second-order valence-corrected chi connectivity index (χ2v) is 3.70. The number of pyridine rings is 1. The number of hydrogen-bond acceptors (Lipinski definition) is 3. The predicted octanol–water partition coefficient (Wildman–Crippen LogP) is 2.05. The van der Waals surface area contributed by atoms with Crippen molar-refractivity contribution in [2.24, 2.45) is 0 Å². The highest BCUT2D eigenvalue weighted by Gasteiger charge is 2.26. The molecule has 0 bridgehead atoms. The number of para-hydroxylation sites is 1. The Labute approximate surface area is 92.5 Å². The van der Waals surface area contributed by atoms with E-state index in [9.17, 15) is 4.79 Å². The number of fused-ring (bicyclic) bond motifs is 1. The van der Waals surface area contributed by atoms with E-state index in [0.29, 0.717) is 5.88 Å². The van der Waals surface area contributed by atoms with Gasteiger partial charge in [0.15, 0.2) is 0 Å². The molecular weight excluding hydrogens is 204 g/mol. The highest BCUT2D eigenvalue weighted by Crippen LogP contribution is 2.17. The van der Waals surface area contributed by atoms with Crippen LogP contribution >= 0.6 is 0 Å². The number of amides is 1. The fourth-order valence-electron chi connectivity index (χ4n) is 1.49. The quantitative estimate of drug-likeness (QED) is 0.682. The smallest absolute Gasteiger partial charge is 0.391 e. The summed E-state index contributed by atoms with van der Waals surface area (Å²) in [6.45, 7) is 1.57. The molecule has 0 N–H and O–H groups in total. The SMILES string of the molecule is O=C(Oc1ccc2ccccc2n1)N1CC1. The van der Waals surface area contributed by atoms with Crippen LogP contribution in [0.15, 0.2) is 36.4 Å². The minimum Gasteiger partial charge on any atom is -0.391 e. The second-order valence-electron chi connectivity index (χ2n) is 3.70. The van der Waals surface area contributed by atoms with Gasteiger partial charge in [0.05, 0.1) is 5.52 Å². The van der Waals surface area contributed by atoms with Gasteiger partial charge in [-0.2, -0.15) is 0 Å². The van der Waals surface area contributed by atoms with E-state index < -0.39 is 0 Å². The molecule has 1 fully saturated rings. The molecule has 2 aromatic rings. The van der Waals surface area contributed by atoms with Crippen molar-refractivity contribution >= 4 is 17.0 Å². The molecule has 0 atom stereocenters. The zero-order chi connectivity index (χ0) is 11.0. The molecule has 0 radical (unpaired) electrons. The first-order valence-electron chi connectivity index (χ1n) is 5.15. The molecule has 4 heteroatoms. The number of hydrogen-bond donors (Lipinski definition) is 0. The van der Waals surface area contributed by atoms with E-state index in [0.717, 1.165) is 24.0 Å². The lowest BCUT2D eigenvalue weighted by molar-refractivity contribution is 0.184. The summed E-state index contributed by atoms with van der Waals surface area (Å²) in [6.07, 6.45) is -0.317. The third-order valence-corrected chi connectivity index (χ3v) is 2.47. The number of ether oxygens (including phenoxy) is 1. The molecule has 1 aliphatic rings. The van der Waals surface area contributed by atoms with Gasteiger partial charge >= 0.3 is 6.09 Å². The van der Waals surface area contributed by atoms with Crippen LogP contribution in [0.4, 0.5) is 4.79 Å². The van der Waals surface area contributed by atoms with Gasteiger partial charge in [0.1, 0.15) is 0 Å². The van der Waals surface area contributed by atoms with Gasteiger partial charge in [0, 0.05) is 24.5 Å². The van der Waals surface area contributed by atoms with Crippen LogP contribution < -0.4 is 4.74 Å². The van der Waals surface area contributed by atoms with Gasteiger partial charge in [-0.1, -0.05) is 18.2 Å². The molecule has 1 amide bonds. The molecule has 1 aliphatic heterocycles. The maximum Gasteiger partial charge on any atom is 0.416 e. The zero-order valence-electron chi connectivity index (χ0n) is 8.59. The van der Waals surface area contributed by atoms with Gasteiger partial charge < -0.3 is 9.64 Å². The van der Waals surface area contributed by atoms with Crippen LogP contribution in [0, 0.1) is 0 Å². The summed E-state index contributed by atoms with van der Waals surface area (Å²) in [6, 6.07) is 11.3.